The lowest BCUT2D eigenvalue weighted by molar-refractivity contribution is -0.124. The van der Waals surface area contributed by atoms with E-state index in [9.17, 15) is 18.8 Å². The minimum absolute atomic E-state index is 0.1000. The van der Waals surface area contributed by atoms with Gasteiger partial charge in [-0.05, 0) is 54.1 Å². The Balaban J connectivity index is 1.62. The minimum atomic E-state index is -1.02. The third kappa shape index (κ3) is 4.85. The van der Waals surface area contributed by atoms with Gasteiger partial charge in [0.05, 0.1) is 19.2 Å². The number of amides is 4. The normalized spacial score (nSPS) is 15.6. The molecular weight excluding hydrogens is 425 g/mol. The lowest BCUT2D eigenvalue weighted by Gasteiger charge is -2.22. The molecule has 1 atom stereocenters. The average molecular weight is 447 g/mol. The first kappa shape index (κ1) is 22.0. The number of ether oxygens (including phenoxy) is 1. The quantitative estimate of drug-likeness (QED) is 0.551. The molecule has 1 N–H and O–H groups in total. The van der Waals surface area contributed by atoms with Crippen LogP contribution in [-0.2, 0) is 16.1 Å². The highest BCUT2D eigenvalue weighted by molar-refractivity contribution is 6.22. The zero-order valence-electron chi connectivity index (χ0n) is 17.9. The number of methoxy groups -OCH3 is 1. The fourth-order valence-electron chi connectivity index (χ4n) is 3.72. The Morgan fingerprint density at radius 3 is 2.42 bits per heavy atom. The summed E-state index contributed by atoms with van der Waals surface area (Å²) in [7, 11) is 1.54. The standard InChI is InChI=1S/C25H22FN3O4/c1-33-21-9-5-6-17(14-21)16-28-22(15-23(30)27-19-7-3-2-4-8-19)24(31)29(25(28)32)20-12-10-18(26)11-13-20/h2-14,22H,15-16H2,1H3,(H,27,30). The molecule has 0 aliphatic carbocycles. The van der Waals surface area contributed by atoms with Crippen LogP contribution in [0.25, 0.3) is 0 Å². The highest BCUT2D eigenvalue weighted by atomic mass is 19.1. The molecule has 7 nitrogen and oxygen atoms in total. The number of para-hydroxylation sites is 1. The van der Waals surface area contributed by atoms with Crippen LogP contribution in [0, 0.1) is 5.82 Å². The largest absolute Gasteiger partial charge is 0.497 e. The van der Waals surface area contributed by atoms with Crippen LogP contribution >= 0.6 is 0 Å². The maximum atomic E-state index is 13.4. The Hall–Kier alpha value is -4.20. The Labute approximate surface area is 190 Å². The third-order valence-electron chi connectivity index (χ3n) is 5.33. The highest BCUT2D eigenvalue weighted by Gasteiger charge is 2.46. The molecule has 1 saturated heterocycles. The van der Waals surface area contributed by atoms with E-state index in [4.69, 9.17) is 4.74 Å². The van der Waals surface area contributed by atoms with E-state index in [1.54, 1.807) is 42.5 Å². The number of anilines is 2. The van der Waals surface area contributed by atoms with Crippen molar-refractivity contribution in [1.82, 2.24) is 4.90 Å². The molecule has 3 aromatic carbocycles. The van der Waals surface area contributed by atoms with E-state index in [1.165, 1.54) is 36.3 Å². The summed E-state index contributed by atoms with van der Waals surface area (Å²) in [5.41, 5.74) is 1.58. The van der Waals surface area contributed by atoms with E-state index >= 15 is 0 Å². The molecule has 4 rings (SSSR count). The lowest BCUT2D eigenvalue weighted by Crippen LogP contribution is -2.37. The minimum Gasteiger partial charge on any atom is -0.497 e. The van der Waals surface area contributed by atoms with Gasteiger partial charge in [-0.1, -0.05) is 30.3 Å². The van der Waals surface area contributed by atoms with Crippen LogP contribution in [0.4, 0.5) is 20.6 Å². The van der Waals surface area contributed by atoms with Crippen molar-refractivity contribution in [3.05, 3.63) is 90.2 Å². The van der Waals surface area contributed by atoms with Crippen LogP contribution in [0.15, 0.2) is 78.9 Å². The number of urea groups is 1. The second-order valence-electron chi connectivity index (χ2n) is 7.55. The summed E-state index contributed by atoms with van der Waals surface area (Å²) >= 11 is 0. The molecule has 0 bridgehead atoms. The molecule has 4 amide bonds. The first-order valence-electron chi connectivity index (χ1n) is 10.3. The van der Waals surface area contributed by atoms with Crippen molar-refractivity contribution < 1.29 is 23.5 Å². The molecule has 33 heavy (non-hydrogen) atoms. The number of halogens is 1. The van der Waals surface area contributed by atoms with Gasteiger partial charge in [0.1, 0.15) is 17.6 Å². The first-order valence-corrected chi connectivity index (χ1v) is 10.3. The smallest absolute Gasteiger partial charge is 0.332 e. The molecule has 0 saturated carbocycles. The van der Waals surface area contributed by atoms with Crippen molar-refractivity contribution in [1.29, 1.82) is 0 Å². The van der Waals surface area contributed by atoms with Gasteiger partial charge in [0.2, 0.25) is 5.91 Å². The molecule has 0 radical (unpaired) electrons. The summed E-state index contributed by atoms with van der Waals surface area (Å²) in [4.78, 5) is 41.6. The number of rotatable bonds is 7. The molecule has 1 aliphatic heterocycles. The number of nitrogens with zero attached hydrogens (tertiary/aromatic N) is 2. The maximum absolute atomic E-state index is 13.4. The lowest BCUT2D eigenvalue weighted by atomic mass is 10.1. The molecule has 1 unspecified atom stereocenters. The molecule has 1 heterocycles. The van der Waals surface area contributed by atoms with Crippen LogP contribution in [0.2, 0.25) is 0 Å². The Bertz CT molecular complexity index is 1170. The fraction of sp³-hybridized carbons (Fsp3) is 0.160. The van der Waals surface area contributed by atoms with E-state index in [1.807, 2.05) is 12.1 Å². The Kier molecular flexibility index (Phi) is 6.35. The van der Waals surface area contributed by atoms with E-state index < -0.39 is 29.7 Å². The molecule has 1 aliphatic rings. The highest BCUT2D eigenvalue weighted by Crippen LogP contribution is 2.29. The van der Waals surface area contributed by atoms with Gasteiger partial charge in [-0.25, -0.2) is 14.1 Å². The van der Waals surface area contributed by atoms with Gasteiger partial charge in [-0.15, -0.1) is 0 Å². The summed E-state index contributed by atoms with van der Waals surface area (Å²) < 4.78 is 18.6. The van der Waals surface area contributed by atoms with Crippen molar-refractivity contribution in [2.24, 2.45) is 0 Å². The molecule has 0 spiro atoms. The van der Waals surface area contributed by atoms with E-state index in [2.05, 4.69) is 5.32 Å². The molecule has 1 fully saturated rings. The van der Waals surface area contributed by atoms with Crippen molar-refractivity contribution in [3.8, 4) is 5.75 Å². The van der Waals surface area contributed by atoms with Crippen molar-refractivity contribution in [2.45, 2.75) is 19.0 Å². The Morgan fingerprint density at radius 1 is 1.00 bits per heavy atom. The SMILES string of the molecule is COc1cccc(CN2C(=O)N(c3ccc(F)cc3)C(=O)C2CC(=O)Nc2ccccc2)c1. The predicted octanol–water partition coefficient (Wildman–Crippen LogP) is 4.20. The summed E-state index contributed by atoms with van der Waals surface area (Å²) in [6.07, 6.45) is -0.221. The van der Waals surface area contributed by atoms with Crippen LogP contribution < -0.4 is 15.0 Å². The molecular formula is C25H22FN3O4. The topological polar surface area (TPSA) is 79.0 Å². The Morgan fingerprint density at radius 2 is 1.73 bits per heavy atom. The molecule has 3 aromatic rings. The van der Waals surface area contributed by atoms with Crippen molar-refractivity contribution in [3.63, 3.8) is 0 Å². The number of benzene rings is 3. The van der Waals surface area contributed by atoms with Gasteiger partial charge in [-0.3, -0.25) is 9.59 Å². The third-order valence-corrected chi connectivity index (χ3v) is 5.33. The molecule has 8 heteroatoms. The van der Waals surface area contributed by atoms with Crippen LogP contribution in [0.3, 0.4) is 0 Å². The van der Waals surface area contributed by atoms with Gasteiger partial charge < -0.3 is 15.0 Å². The fourth-order valence-corrected chi connectivity index (χ4v) is 3.72. The van der Waals surface area contributed by atoms with Crippen LogP contribution in [0.1, 0.15) is 12.0 Å². The van der Waals surface area contributed by atoms with Gasteiger partial charge in [0, 0.05) is 12.2 Å². The zero-order chi connectivity index (χ0) is 23.4. The molecule has 168 valence electrons. The van der Waals surface area contributed by atoms with E-state index in [0.717, 1.165) is 10.5 Å². The van der Waals surface area contributed by atoms with Crippen LogP contribution in [-0.4, -0.2) is 35.9 Å². The van der Waals surface area contributed by atoms with Gasteiger partial charge in [-0.2, -0.15) is 0 Å². The maximum Gasteiger partial charge on any atom is 0.332 e. The summed E-state index contributed by atoms with van der Waals surface area (Å²) in [6, 6.07) is 19.5. The number of hydrogen-bond acceptors (Lipinski definition) is 4. The van der Waals surface area contributed by atoms with Crippen LogP contribution in [0.5, 0.6) is 5.75 Å². The summed E-state index contributed by atoms with van der Waals surface area (Å²) in [5, 5.41) is 2.75. The van der Waals surface area contributed by atoms with E-state index in [-0.39, 0.29) is 18.7 Å². The van der Waals surface area contributed by atoms with Crippen molar-refractivity contribution >= 4 is 29.2 Å². The van der Waals surface area contributed by atoms with E-state index in [0.29, 0.717) is 11.4 Å². The monoisotopic (exact) mass is 447 g/mol. The first-order chi connectivity index (χ1) is 16.0. The van der Waals surface area contributed by atoms with Gasteiger partial charge in [0.25, 0.3) is 5.91 Å². The summed E-state index contributed by atoms with van der Waals surface area (Å²) in [6.45, 7) is 0.1000. The van der Waals surface area contributed by atoms with Gasteiger partial charge >= 0.3 is 6.03 Å². The number of nitrogens with one attached hydrogen (secondary N) is 1. The number of carbonyl (C=O) groups is 3. The second kappa shape index (κ2) is 9.52. The van der Waals surface area contributed by atoms with Crippen molar-refractivity contribution in [2.75, 3.05) is 17.3 Å². The van der Waals surface area contributed by atoms with Gasteiger partial charge in [0.15, 0.2) is 0 Å². The number of hydrogen-bond donors (Lipinski definition) is 1. The zero-order valence-corrected chi connectivity index (χ0v) is 17.9. The second-order valence-corrected chi connectivity index (χ2v) is 7.55. The summed E-state index contributed by atoms with van der Waals surface area (Å²) in [5.74, 6) is -0.814. The predicted molar refractivity (Wildman–Crippen MR) is 121 cm³/mol. The number of carbonyl (C=O) groups excluding carboxylic acids is 3. The molecule has 0 aromatic heterocycles. The number of imide groups is 1. The average Bonchev–Trinajstić information content (AvgIpc) is 3.04.